The molecule has 0 aromatic carbocycles. The van der Waals surface area contributed by atoms with Crippen LogP contribution < -0.4 is 5.56 Å². The molecular weight excluding hydrogens is 146 g/mol. The lowest BCUT2D eigenvalue weighted by Gasteiger charge is -1.96. The van der Waals surface area contributed by atoms with Gasteiger partial charge in [-0.1, -0.05) is 0 Å². The minimum Gasteiger partial charge on any atom is -0.495 e. The second-order valence-corrected chi connectivity index (χ2v) is 2.21. The molecule has 0 aliphatic heterocycles. The maximum absolute atomic E-state index is 10.7. The first-order valence-electron chi connectivity index (χ1n) is 3.25. The highest BCUT2D eigenvalue weighted by atomic mass is 16.3. The smallest absolute Gasteiger partial charge is 0.250 e. The van der Waals surface area contributed by atoms with Crippen LogP contribution in [0.2, 0.25) is 0 Å². The topological polar surface area (TPSA) is 73.3 Å². The zero-order valence-electron chi connectivity index (χ0n) is 5.87. The molecule has 3 N–H and O–H groups in total. The van der Waals surface area contributed by atoms with Crippen LogP contribution in [-0.2, 0) is 6.42 Å². The molecule has 60 valence electrons. The van der Waals surface area contributed by atoms with Gasteiger partial charge in [-0.2, -0.15) is 0 Å². The molecular formula is C7H9NO3. The molecule has 0 atom stereocenters. The molecule has 0 saturated heterocycles. The highest BCUT2D eigenvalue weighted by molar-refractivity contribution is 5.19. The van der Waals surface area contributed by atoms with E-state index in [0.29, 0.717) is 12.0 Å². The van der Waals surface area contributed by atoms with E-state index in [2.05, 4.69) is 4.98 Å². The monoisotopic (exact) mass is 155 g/mol. The van der Waals surface area contributed by atoms with Gasteiger partial charge in [-0.25, -0.2) is 0 Å². The summed E-state index contributed by atoms with van der Waals surface area (Å²) in [6.45, 7) is -0.0249. The highest BCUT2D eigenvalue weighted by Crippen LogP contribution is 2.03. The zero-order chi connectivity index (χ0) is 8.27. The van der Waals surface area contributed by atoms with Gasteiger partial charge >= 0.3 is 0 Å². The summed E-state index contributed by atoms with van der Waals surface area (Å²) in [6.07, 6.45) is 0.386. The van der Waals surface area contributed by atoms with Crippen LogP contribution in [0.15, 0.2) is 16.9 Å². The molecule has 4 heteroatoms. The van der Waals surface area contributed by atoms with E-state index in [1.54, 1.807) is 0 Å². The molecule has 1 heterocycles. The maximum atomic E-state index is 10.7. The summed E-state index contributed by atoms with van der Waals surface area (Å²) < 4.78 is 0. The number of aliphatic hydroxyl groups is 1. The summed E-state index contributed by atoms with van der Waals surface area (Å²) in [5.41, 5.74) is 0.280. The maximum Gasteiger partial charge on any atom is 0.250 e. The quantitative estimate of drug-likeness (QED) is 0.544. The summed E-state index contributed by atoms with van der Waals surface area (Å²) in [5.74, 6) is -0.166. The van der Waals surface area contributed by atoms with Crippen LogP contribution in [0, 0.1) is 0 Å². The molecule has 0 bridgehead atoms. The SMILES string of the molecule is O=c1cc(CCO)cc(O)[nH]1. The standard InChI is InChI=1S/C7H9NO3/c9-2-1-5-3-6(10)8-7(11)4-5/h3-4,9H,1-2H2,(H2,8,10,11). The zero-order valence-corrected chi connectivity index (χ0v) is 5.87. The van der Waals surface area contributed by atoms with Crippen molar-refractivity contribution in [3.63, 3.8) is 0 Å². The summed E-state index contributed by atoms with van der Waals surface area (Å²) in [5, 5.41) is 17.4. The van der Waals surface area contributed by atoms with Crippen LogP contribution in [0.25, 0.3) is 0 Å². The van der Waals surface area contributed by atoms with Gasteiger partial charge in [-0.15, -0.1) is 0 Å². The number of aromatic nitrogens is 1. The average Bonchev–Trinajstić information content (AvgIpc) is 1.85. The van der Waals surface area contributed by atoms with E-state index < -0.39 is 0 Å². The largest absolute Gasteiger partial charge is 0.495 e. The predicted octanol–water partition coefficient (Wildman–Crippen LogP) is -0.385. The highest BCUT2D eigenvalue weighted by Gasteiger charge is 1.95. The molecule has 0 saturated carbocycles. The number of aromatic amines is 1. The summed E-state index contributed by atoms with van der Waals surface area (Å²) in [7, 11) is 0. The molecule has 1 rings (SSSR count). The molecule has 11 heavy (non-hydrogen) atoms. The Kier molecular flexibility index (Phi) is 2.28. The Bertz CT molecular complexity index is 292. The fraction of sp³-hybridized carbons (Fsp3) is 0.286. The Hall–Kier alpha value is -1.29. The van der Waals surface area contributed by atoms with Gasteiger partial charge in [-0.05, 0) is 12.0 Å². The van der Waals surface area contributed by atoms with E-state index in [9.17, 15) is 4.79 Å². The lowest BCUT2D eigenvalue weighted by atomic mass is 10.2. The first-order chi connectivity index (χ1) is 5.22. The number of H-pyrrole nitrogens is 1. The van der Waals surface area contributed by atoms with Crippen molar-refractivity contribution in [3.05, 3.63) is 28.0 Å². The van der Waals surface area contributed by atoms with Gasteiger partial charge < -0.3 is 10.2 Å². The number of hydrogen-bond acceptors (Lipinski definition) is 3. The number of nitrogens with one attached hydrogen (secondary N) is 1. The molecule has 0 aliphatic rings. The van der Waals surface area contributed by atoms with Crippen LogP contribution in [0.3, 0.4) is 0 Å². The van der Waals surface area contributed by atoms with Crippen molar-refractivity contribution in [1.82, 2.24) is 4.98 Å². The van der Waals surface area contributed by atoms with Crippen molar-refractivity contribution in [2.45, 2.75) is 6.42 Å². The van der Waals surface area contributed by atoms with Gasteiger partial charge in [0.2, 0.25) is 0 Å². The van der Waals surface area contributed by atoms with Crippen LogP contribution >= 0.6 is 0 Å². The molecule has 0 amide bonds. The van der Waals surface area contributed by atoms with Crippen LogP contribution in [0.1, 0.15) is 5.56 Å². The van der Waals surface area contributed by atoms with E-state index in [0.717, 1.165) is 0 Å². The predicted molar refractivity (Wildman–Crippen MR) is 39.5 cm³/mol. The van der Waals surface area contributed by atoms with Crippen LogP contribution in [0.4, 0.5) is 0 Å². The van der Waals surface area contributed by atoms with Gasteiger partial charge in [0.15, 0.2) is 5.88 Å². The molecule has 0 spiro atoms. The molecule has 0 fully saturated rings. The third kappa shape index (κ3) is 2.09. The van der Waals surface area contributed by atoms with Crippen molar-refractivity contribution >= 4 is 0 Å². The Morgan fingerprint density at radius 1 is 1.45 bits per heavy atom. The fourth-order valence-electron chi connectivity index (χ4n) is 0.857. The summed E-state index contributed by atoms with van der Waals surface area (Å²) >= 11 is 0. The third-order valence-corrected chi connectivity index (χ3v) is 1.29. The number of aliphatic hydroxyl groups excluding tert-OH is 1. The minimum absolute atomic E-state index is 0.0249. The summed E-state index contributed by atoms with van der Waals surface area (Å²) in [4.78, 5) is 12.9. The van der Waals surface area contributed by atoms with Crippen LogP contribution in [0.5, 0.6) is 5.88 Å². The van der Waals surface area contributed by atoms with E-state index in [-0.39, 0.29) is 18.0 Å². The number of aromatic hydroxyl groups is 1. The van der Waals surface area contributed by atoms with Crippen molar-refractivity contribution < 1.29 is 10.2 Å². The van der Waals surface area contributed by atoms with Crippen molar-refractivity contribution in [2.24, 2.45) is 0 Å². The first-order valence-corrected chi connectivity index (χ1v) is 3.25. The summed E-state index contributed by atoms with van der Waals surface area (Å²) in [6, 6.07) is 2.76. The Morgan fingerprint density at radius 3 is 2.73 bits per heavy atom. The fourth-order valence-corrected chi connectivity index (χ4v) is 0.857. The number of hydrogen-bond donors (Lipinski definition) is 3. The van der Waals surface area contributed by atoms with E-state index >= 15 is 0 Å². The van der Waals surface area contributed by atoms with Gasteiger partial charge in [0.05, 0.1) is 0 Å². The normalized spacial score (nSPS) is 9.91. The van der Waals surface area contributed by atoms with Gasteiger partial charge in [0.25, 0.3) is 5.56 Å². The van der Waals surface area contributed by atoms with Gasteiger partial charge in [0, 0.05) is 18.7 Å². The van der Waals surface area contributed by atoms with Gasteiger partial charge in [0.1, 0.15) is 0 Å². The Labute approximate surface area is 63.1 Å². The molecule has 1 aromatic heterocycles. The Morgan fingerprint density at radius 2 is 2.18 bits per heavy atom. The van der Waals surface area contributed by atoms with Crippen molar-refractivity contribution in [3.8, 4) is 5.88 Å². The lowest BCUT2D eigenvalue weighted by Crippen LogP contribution is -2.05. The third-order valence-electron chi connectivity index (χ3n) is 1.29. The van der Waals surface area contributed by atoms with E-state index in [1.165, 1.54) is 12.1 Å². The first kappa shape index (κ1) is 7.81. The number of rotatable bonds is 2. The molecule has 0 radical (unpaired) electrons. The van der Waals surface area contributed by atoms with E-state index in [1.807, 2.05) is 0 Å². The second kappa shape index (κ2) is 3.21. The van der Waals surface area contributed by atoms with Crippen molar-refractivity contribution in [1.29, 1.82) is 0 Å². The van der Waals surface area contributed by atoms with E-state index in [4.69, 9.17) is 10.2 Å². The Balaban J connectivity index is 2.99. The molecule has 0 unspecified atom stereocenters. The lowest BCUT2D eigenvalue weighted by molar-refractivity contribution is 0.299. The molecule has 4 nitrogen and oxygen atoms in total. The average molecular weight is 155 g/mol. The molecule has 1 aromatic rings. The minimum atomic E-state index is -0.353. The van der Waals surface area contributed by atoms with Crippen LogP contribution in [-0.4, -0.2) is 21.8 Å². The second-order valence-electron chi connectivity index (χ2n) is 2.21. The molecule has 0 aliphatic carbocycles. The number of pyridine rings is 1. The van der Waals surface area contributed by atoms with Crippen molar-refractivity contribution in [2.75, 3.05) is 6.61 Å². The van der Waals surface area contributed by atoms with Gasteiger partial charge in [-0.3, -0.25) is 9.78 Å².